The van der Waals surface area contributed by atoms with Crippen molar-refractivity contribution < 1.29 is 0 Å². The lowest BCUT2D eigenvalue weighted by Crippen LogP contribution is -1.96. The SMILES string of the molecule is Cn1ncc2cc(Cc3cc(N)nc4n[nH]nc34)ccc21. The highest BCUT2D eigenvalue weighted by Crippen LogP contribution is 2.21. The van der Waals surface area contributed by atoms with Crippen LogP contribution in [0.25, 0.3) is 22.1 Å². The van der Waals surface area contributed by atoms with Gasteiger partial charge >= 0.3 is 0 Å². The molecule has 0 saturated carbocycles. The number of nitrogen functional groups attached to an aromatic ring is 1. The standard InChI is InChI=1S/C14H13N7/c1-21-11-3-2-8(5-10(11)7-16-21)4-9-6-12(15)17-14-13(9)18-20-19-14/h2-3,5-7H,4H2,1H3,(H3,15,17,18,19,20). The minimum absolute atomic E-state index is 0.453. The third-order valence-electron chi connectivity index (χ3n) is 3.60. The van der Waals surface area contributed by atoms with Gasteiger partial charge in [-0.2, -0.15) is 15.4 Å². The van der Waals surface area contributed by atoms with Crippen LogP contribution in [0.5, 0.6) is 0 Å². The Balaban J connectivity index is 1.80. The van der Waals surface area contributed by atoms with Gasteiger partial charge in [-0.3, -0.25) is 4.68 Å². The molecular formula is C14H13N7. The van der Waals surface area contributed by atoms with Gasteiger partial charge in [0.05, 0.1) is 11.7 Å². The van der Waals surface area contributed by atoms with Gasteiger partial charge in [0.1, 0.15) is 11.3 Å². The number of rotatable bonds is 2. The van der Waals surface area contributed by atoms with E-state index in [2.05, 4.69) is 43.7 Å². The summed E-state index contributed by atoms with van der Waals surface area (Å²) in [4.78, 5) is 4.15. The van der Waals surface area contributed by atoms with Crippen LogP contribution >= 0.6 is 0 Å². The molecule has 1 aromatic carbocycles. The maximum atomic E-state index is 5.83. The third kappa shape index (κ3) is 1.90. The fourth-order valence-electron chi connectivity index (χ4n) is 2.60. The fourth-order valence-corrected chi connectivity index (χ4v) is 2.60. The van der Waals surface area contributed by atoms with Crippen LogP contribution in [-0.4, -0.2) is 30.2 Å². The number of hydrogen-bond donors (Lipinski definition) is 2. The number of nitrogens with zero attached hydrogens (tertiary/aromatic N) is 5. The van der Waals surface area contributed by atoms with Gasteiger partial charge in [0.2, 0.25) is 5.65 Å². The van der Waals surface area contributed by atoms with Gasteiger partial charge < -0.3 is 5.73 Å². The Morgan fingerprint density at radius 2 is 2.14 bits per heavy atom. The van der Waals surface area contributed by atoms with Crippen molar-refractivity contribution in [1.29, 1.82) is 0 Å². The number of hydrogen-bond acceptors (Lipinski definition) is 5. The van der Waals surface area contributed by atoms with E-state index in [-0.39, 0.29) is 0 Å². The predicted octanol–water partition coefficient (Wildman–Crippen LogP) is 1.41. The van der Waals surface area contributed by atoms with E-state index >= 15 is 0 Å². The lowest BCUT2D eigenvalue weighted by molar-refractivity contribution is 0.797. The molecule has 0 aliphatic rings. The van der Waals surface area contributed by atoms with E-state index in [9.17, 15) is 0 Å². The maximum Gasteiger partial charge on any atom is 0.203 e. The molecule has 0 aliphatic heterocycles. The van der Waals surface area contributed by atoms with Crippen LogP contribution < -0.4 is 5.73 Å². The number of aromatic amines is 1. The van der Waals surface area contributed by atoms with Crippen LogP contribution in [-0.2, 0) is 13.5 Å². The van der Waals surface area contributed by atoms with Gasteiger partial charge in [0.15, 0.2) is 0 Å². The molecule has 7 heteroatoms. The first-order chi connectivity index (χ1) is 10.2. The van der Waals surface area contributed by atoms with Gasteiger partial charge in [-0.1, -0.05) is 6.07 Å². The van der Waals surface area contributed by atoms with Gasteiger partial charge in [-0.15, -0.1) is 5.10 Å². The topological polar surface area (TPSA) is 98.3 Å². The van der Waals surface area contributed by atoms with E-state index in [0.717, 1.165) is 28.4 Å². The van der Waals surface area contributed by atoms with Crippen LogP contribution in [0.15, 0.2) is 30.5 Å². The summed E-state index contributed by atoms with van der Waals surface area (Å²) in [7, 11) is 1.94. The molecule has 4 rings (SSSR count). The molecule has 4 aromatic rings. The number of nitrogens with two attached hydrogens (primary N) is 1. The number of nitrogens with one attached hydrogen (secondary N) is 1. The molecule has 0 unspecified atom stereocenters. The first-order valence-corrected chi connectivity index (χ1v) is 6.57. The van der Waals surface area contributed by atoms with Crippen LogP contribution in [0.2, 0.25) is 0 Å². The third-order valence-corrected chi connectivity index (χ3v) is 3.60. The Bertz CT molecular complexity index is 950. The Morgan fingerprint density at radius 1 is 1.24 bits per heavy atom. The average molecular weight is 279 g/mol. The highest BCUT2D eigenvalue weighted by Gasteiger charge is 2.10. The van der Waals surface area contributed by atoms with Crippen molar-refractivity contribution in [2.24, 2.45) is 7.05 Å². The second-order valence-electron chi connectivity index (χ2n) is 5.04. The summed E-state index contributed by atoms with van der Waals surface area (Å²) in [6.07, 6.45) is 2.59. The lowest BCUT2D eigenvalue weighted by Gasteiger charge is -2.04. The monoisotopic (exact) mass is 279 g/mol. The zero-order chi connectivity index (χ0) is 14.4. The highest BCUT2D eigenvalue weighted by atomic mass is 15.3. The van der Waals surface area contributed by atoms with Crippen molar-refractivity contribution in [1.82, 2.24) is 30.2 Å². The molecule has 3 N–H and O–H groups in total. The minimum atomic E-state index is 0.453. The molecule has 3 aromatic heterocycles. The summed E-state index contributed by atoms with van der Waals surface area (Å²) in [5.41, 5.74) is 10.4. The van der Waals surface area contributed by atoms with E-state index in [0.29, 0.717) is 11.5 Å². The van der Waals surface area contributed by atoms with Crippen LogP contribution in [0.3, 0.4) is 0 Å². The number of H-pyrrole nitrogens is 1. The van der Waals surface area contributed by atoms with Crippen molar-refractivity contribution in [2.75, 3.05) is 5.73 Å². The Kier molecular flexibility index (Phi) is 2.41. The Morgan fingerprint density at radius 3 is 3.05 bits per heavy atom. The maximum absolute atomic E-state index is 5.83. The van der Waals surface area contributed by atoms with Crippen molar-refractivity contribution in [3.05, 3.63) is 41.6 Å². The van der Waals surface area contributed by atoms with Crippen molar-refractivity contribution in [3.63, 3.8) is 0 Å². The molecule has 0 radical (unpaired) electrons. The van der Waals surface area contributed by atoms with Crippen molar-refractivity contribution in [3.8, 4) is 0 Å². The normalized spacial score (nSPS) is 11.5. The van der Waals surface area contributed by atoms with Crippen LogP contribution in [0, 0.1) is 0 Å². The summed E-state index contributed by atoms with van der Waals surface area (Å²) in [5, 5.41) is 16.1. The zero-order valence-corrected chi connectivity index (χ0v) is 11.4. The Labute approximate surface area is 119 Å². The molecule has 0 aliphatic carbocycles. The summed E-state index contributed by atoms with van der Waals surface area (Å²) in [6.45, 7) is 0. The number of pyridine rings is 1. The lowest BCUT2D eigenvalue weighted by atomic mass is 10.0. The van der Waals surface area contributed by atoms with Crippen LogP contribution in [0.4, 0.5) is 5.82 Å². The molecule has 0 fully saturated rings. The zero-order valence-electron chi connectivity index (χ0n) is 11.4. The second-order valence-corrected chi connectivity index (χ2v) is 5.04. The largest absolute Gasteiger partial charge is 0.384 e. The number of aromatic nitrogens is 6. The van der Waals surface area contributed by atoms with E-state index in [1.54, 1.807) is 0 Å². The minimum Gasteiger partial charge on any atom is -0.384 e. The van der Waals surface area contributed by atoms with Crippen LogP contribution in [0.1, 0.15) is 11.1 Å². The van der Waals surface area contributed by atoms with E-state index in [1.165, 1.54) is 5.56 Å². The summed E-state index contributed by atoms with van der Waals surface area (Å²) >= 11 is 0. The van der Waals surface area contributed by atoms with Gasteiger partial charge in [0, 0.05) is 12.4 Å². The number of fused-ring (bicyclic) bond motifs is 2. The first kappa shape index (κ1) is 11.8. The van der Waals surface area contributed by atoms with Gasteiger partial charge in [-0.05, 0) is 35.7 Å². The predicted molar refractivity (Wildman–Crippen MR) is 79.6 cm³/mol. The molecule has 0 atom stereocenters. The van der Waals surface area contributed by atoms with E-state index in [1.807, 2.05) is 24.0 Å². The van der Waals surface area contributed by atoms with Crippen molar-refractivity contribution >= 4 is 27.9 Å². The molecular weight excluding hydrogens is 266 g/mol. The molecule has 0 spiro atoms. The van der Waals surface area contributed by atoms with Gasteiger partial charge in [0.25, 0.3) is 0 Å². The number of benzene rings is 1. The second kappa shape index (κ2) is 4.27. The summed E-state index contributed by atoms with van der Waals surface area (Å²) in [5.74, 6) is 0.453. The van der Waals surface area contributed by atoms with Crippen molar-refractivity contribution in [2.45, 2.75) is 6.42 Å². The number of anilines is 1. The molecule has 3 heterocycles. The smallest absolute Gasteiger partial charge is 0.203 e. The fraction of sp³-hybridized carbons (Fsp3) is 0.143. The molecule has 0 saturated heterocycles. The van der Waals surface area contributed by atoms with Gasteiger partial charge in [-0.25, -0.2) is 4.98 Å². The molecule has 21 heavy (non-hydrogen) atoms. The summed E-state index contributed by atoms with van der Waals surface area (Å²) in [6, 6.07) is 8.14. The Hall–Kier alpha value is -2.96. The molecule has 0 bridgehead atoms. The molecule has 7 nitrogen and oxygen atoms in total. The highest BCUT2D eigenvalue weighted by molar-refractivity contribution is 5.80. The average Bonchev–Trinajstić information content (AvgIpc) is 3.06. The van der Waals surface area contributed by atoms with E-state index < -0.39 is 0 Å². The molecule has 0 amide bonds. The first-order valence-electron chi connectivity index (χ1n) is 6.57. The van der Waals surface area contributed by atoms with E-state index in [4.69, 9.17) is 5.73 Å². The quantitative estimate of drug-likeness (QED) is 0.578. The summed E-state index contributed by atoms with van der Waals surface area (Å²) < 4.78 is 1.86. The molecule has 104 valence electrons. The number of aryl methyl sites for hydroxylation is 1.